The van der Waals surface area contributed by atoms with E-state index in [1.807, 2.05) is 36.0 Å². The number of hydrogen-bond donors (Lipinski definition) is 2. The number of rotatable bonds is 7. The van der Waals surface area contributed by atoms with Gasteiger partial charge in [0.2, 0.25) is 0 Å². The predicted molar refractivity (Wildman–Crippen MR) is 90.7 cm³/mol. The van der Waals surface area contributed by atoms with E-state index in [0.29, 0.717) is 18.1 Å². The second-order valence-corrected chi connectivity index (χ2v) is 5.91. The Labute approximate surface area is 129 Å². The maximum atomic E-state index is 12.1. The molecule has 5 heteroatoms. The second-order valence-electron chi connectivity index (χ2n) is 4.92. The van der Waals surface area contributed by atoms with Crippen molar-refractivity contribution in [2.45, 2.75) is 19.3 Å². The van der Waals surface area contributed by atoms with E-state index in [1.54, 1.807) is 6.07 Å². The summed E-state index contributed by atoms with van der Waals surface area (Å²) in [6, 6.07) is 9.47. The van der Waals surface area contributed by atoms with Gasteiger partial charge in [0.15, 0.2) is 0 Å². The maximum absolute atomic E-state index is 12.1. The zero-order valence-electron chi connectivity index (χ0n) is 12.3. The van der Waals surface area contributed by atoms with Crippen LogP contribution >= 0.6 is 11.8 Å². The molecule has 0 radical (unpaired) electrons. The number of nitrogens with zero attached hydrogens (tertiary/aromatic N) is 1. The Morgan fingerprint density at radius 1 is 1.29 bits per heavy atom. The lowest BCUT2D eigenvalue weighted by molar-refractivity contribution is 0.0948. The molecule has 0 unspecified atom stereocenters. The Hall–Kier alpha value is -1.75. The van der Waals surface area contributed by atoms with Crippen molar-refractivity contribution in [2.75, 3.05) is 24.3 Å². The molecule has 0 aliphatic rings. The molecule has 0 saturated carbocycles. The van der Waals surface area contributed by atoms with Gasteiger partial charge in [-0.05, 0) is 36.3 Å². The highest BCUT2D eigenvalue weighted by molar-refractivity contribution is 7.98. The molecule has 0 fully saturated rings. The Morgan fingerprint density at radius 2 is 2.10 bits per heavy atom. The number of hydrogen-bond acceptors (Lipinski definition) is 4. The molecule has 0 aliphatic heterocycles. The molecule has 2 rings (SSSR count). The topological polar surface area (TPSA) is 68.0 Å². The Morgan fingerprint density at radius 3 is 2.90 bits per heavy atom. The number of unbranched alkanes of at least 4 members (excludes halogenated alkanes) is 2. The molecular formula is C16H21N3OS. The van der Waals surface area contributed by atoms with E-state index >= 15 is 0 Å². The summed E-state index contributed by atoms with van der Waals surface area (Å²) >= 11 is 1.85. The van der Waals surface area contributed by atoms with E-state index in [1.165, 1.54) is 12.2 Å². The van der Waals surface area contributed by atoms with E-state index in [2.05, 4.69) is 16.6 Å². The van der Waals surface area contributed by atoms with Crippen LogP contribution in [-0.4, -0.2) is 29.4 Å². The fourth-order valence-electron chi connectivity index (χ4n) is 2.18. The summed E-state index contributed by atoms with van der Waals surface area (Å²) in [6.45, 7) is 0.682. The first-order valence-corrected chi connectivity index (χ1v) is 8.54. The molecule has 3 N–H and O–H groups in total. The van der Waals surface area contributed by atoms with Crippen molar-refractivity contribution < 1.29 is 4.79 Å². The number of benzene rings is 1. The zero-order valence-corrected chi connectivity index (χ0v) is 13.1. The molecule has 1 heterocycles. The van der Waals surface area contributed by atoms with Gasteiger partial charge in [-0.15, -0.1) is 0 Å². The lowest BCUT2D eigenvalue weighted by Gasteiger charge is -2.07. The largest absolute Gasteiger partial charge is 0.383 e. The van der Waals surface area contributed by atoms with Crippen molar-refractivity contribution in [1.82, 2.24) is 10.3 Å². The maximum Gasteiger partial charge on any atom is 0.269 e. The number of nitrogens with one attached hydrogen (secondary N) is 1. The lowest BCUT2D eigenvalue weighted by Crippen LogP contribution is -2.25. The number of amides is 1. The van der Waals surface area contributed by atoms with E-state index in [4.69, 9.17) is 5.73 Å². The summed E-state index contributed by atoms with van der Waals surface area (Å²) in [6.07, 6.45) is 5.43. The van der Waals surface area contributed by atoms with Crippen molar-refractivity contribution >= 4 is 34.3 Å². The summed E-state index contributed by atoms with van der Waals surface area (Å²) in [5.41, 5.74) is 6.30. The van der Waals surface area contributed by atoms with Gasteiger partial charge in [-0.1, -0.05) is 30.7 Å². The van der Waals surface area contributed by atoms with E-state index in [0.717, 1.165) is 23.6 Å². The number of pyridine rings is 1. The first-order valence-electron chi connectivity index (χ1n) is 7.15. The summed E-state index contributed by atoms with van der Waals surface area (Å²) in [5, 5.41) is 4.72. The minimum Gasteiger partial charge on any atom is -0.383 e. The number of thioether (sulfide) groups is 1. The summed E-state index contributed by atoms with van der Waals surface area (Å²) in [4.78, 5) is 16.3. The smallest absolute Gasteiger partial charge is 0.269 e. The Kier molecular flexibility index (Phi) is 5.87. The molecule has 1 aromatic heterocycles. The molecule has 0 saturated heterocycles. The number of aromatic nitrogens is 1. The minimum atomic E-state index is -0.155. The number of carbonyl (C=O) groups is 1. The van der Waals surface area contributed by atoms with Crippen LogP contribution in [0.2, 0.25) is 0 Å². The molecule has 4 nitrogen and oxygen atoms in total. The highest BCUT2D eigenvalue weighted by Gasteiger charge is 2.09. The number of carbonyl (C=O) groups excluding carboxylic acids is 1. The summed E-state index contributed by atoms with van der Waals surface area (Å²) < 4.78 is 0. The number of nitrogen functional groups attached to an aromatic ring is 1. The molecule has 0 aliphatic carbocycles. The SMILES string of the molecule is CSCCCCCNC(=O)c1cc2ccccc2c(N)n1. The van der Waals surface area contributed by atoms with Crippen molar-refractivity contribution in [2.24, 2.45) is 0 Å². The summed E-state index contributed by atoms with van der Waals surface area (Å²) in [5.74, 6) is 1.42. The summed E-state index contributed by atoms with van der Waals surface area (Å²) in [7, 11) is 0. The van der Waals surface area contributed by atoms with Crippen LogP contribution in [0.15, 0.2) is 30.3 Å². The Balaban J connectivity index is 1.93. The first-order chi connectivity index (χ1) is 10.2. The van der Waals surface area contributed by atoms with Crippen molar-refractivity contribution in [3.05, 3.63) is 36.0 Å². The van der Waals surface area contributed by atoms with Crippen LogP contribution in [0.4, 0.5) is 5.82 Å². The molecule has 112 valence electrons. The Bertz CT molecular complexity index is 615. The number of nitrogens with two attached hydrogens (primary N) is 1. The number of anilines is 1. The van der Waals surface area contributed by atoms with Crippen LogP contribution in [-0.2, 0) is 0 Å². The van der Waals surface area contributed by atoms with Gasteiger partial charge in [0.1, 0.15) is 11.5 Å². The van der Waals surface area contributed by atoms with Gasteiger partial charge in [-0.2, -0.15) is 11.8 Å². The van der Waals surface area contributed by atoms with Crippen LogP contribution in [0.3, 0.4) is 0 Å². The van der Waals surface area contributed by atoms with Crippen LogP contribution in [0, 0.1) is 0 Å². The van der Waals surface area contributed by atoms with Gasteiger partial charge in [-0.25, -0.2) is 4.98 Å². The van der Waals surface area contributed by atoms with Gasteiger partial charge < -0.3 is 11.1 Å². The first kappa shape index (κ1) is 15.6. The molecule has 2 aromatic rings. The van der Waals surface area contributed by atoms with Gasteiger partial charge >= 0.3 is 0 Å². The fourth-order valence-corrected chi connectivity index (χ4v) is 2.68. The third-order valence-electron chi connectivity index (χ3n) is 3.31. The molecular weight excluding hydrogens is 282 g/mol. The normalized spacial score (nSPS) is 10.7. The van der Waals surface area contributed by atoms with Crippen LogP contribution in [0.5, 0.6) is 0 Å². The molecule has 0 bridgehead atoms. The monoisotopic (exact) mass is 303 g/mol. The van der Waals surface area contributed by atoms with Crippen LogP contribution in [0.1, 0.15) is 29.8 Å². The molecule has 0 spiro atoms. The highest BCUT2D eigenvalue weighted by Crippen LogP contribution is 2.19. The lowest BCUT2D eigenvalue weighted by atomic mass is 10.1. The molecule has 0 atom stereocenters. The van der Waals surface area contributed by atoms with Gasteiger partial charge in [0, 0.05) is 11.9 Å². The molecule has 21 heavy (non-hydrogen) atoms. The third-order valence-corrected chi connectivity index (χ3v) is 4.01. The zero-order chi connectivity index (χ0) is 15.1. The van der Waals surface area contributed by atoms with Crippen LogP contribution in [0.25, 0.3) is 10.8 Å². The minimum absolute atomic E-state index is 0.155. The van der Waals surface area contributed by atoms with Crippen molar-refractivity contribution in [3.8, 4) is 0 Å². The van der Waals surface area contributed by atoms with E-state index in [-0.39, 0.29) is 5.91 Å². The quantitative estimate of drug-likeness (QED) is 0.771. The molecule has 1 amide bonds. The third kappa shape index (κ3) is 4.36. The average Bonchev–Trinajstić information content (AvgIpc) is 2.50. The van der Waals surface area contributed by atoms with E-state index < -0.39 is 0 Å². The predicted octanol–water partition coefficient (Wildman–Crippen LogP) is 3.08. The van der Waals surface area contributed by atoms with Crippen LogP contribution < -0.4 is 11.1 Å². The standard InChI is InChI=1S/C16H21N3OS/c1-21-10-6-2-5-9-18-16(20)14-11-12-7-3-4-8-13(12)15(17)19-14/h3-4,7-8,11H,2,5-6,9-10H2,1H3,(H2,17,19)(H,18,20). The van der Waals surface area contributed by atoms with Gasteiger partial charge in [0.05, 0.1) is 0 Å². The van der Waals surface area contributed by atoms with E-state index in [9.17, 15) is 4.79 Å². The number of fused-ring (bicyclic) bond motifs is 1. The van der Waals surface area contributed by atoms with Gasteiger partial charge in [-0.3, -0.25) is 4.79 Å². The van der Waals surface area contributed by atoms with Crippen molar-refractivity contribution in [3.63, 3.8) is 0 Å². The molecule has 1 aromatic carbocycles. The fraction of sp³-hybridized carbons (Fsp3) is 0.375. The van der Waals surface area contributed by atoms with Gasteiger partial charge in [0.25, 0.3) is 5.91 Å². The second kappa shape index (κ2) is 7.88. The highest BCUT2D eigenvalue weighted by atomic mass is 32.2. The average molecular weight is 303 g/mol. The van der Waals surface area contributed by atoms with Crippen molar-refractivity contribution in [1.29, 1.82) is 0 Å².